The van der Waals surface area contributed by atoms with Crippen molar-refractivity contribution in [3.63, 3.8) is 0 Å². The number of ether oxygens (including phenoxy) is 2. The SMILES string of the molecule is COc1ccccc1OCCNC(=O)C(C)Sc1ccc(Cl)cc1. The summed E-state index contributed by atoms with van der Waals surface area (Å²) in [5, 5.41) is 3.36. The molecule has 0 heterocycles. The van der Waals surface area contributed by atoms with Gasteiger partial charge in [0.05, 0.1) is 18.9 Å². The average Bonchev–Trinajstić information content (AvgIpc) is 2.60. The van der Waals surface area contributed by atoms with Gasteiger partial charge in [0.2, 0.25) is 5.91 Å². The molecule has 1 unspecified atom stereocenters. The first kappa shape index (κ1) is 18.5. The van der Waals surface area contributed by atoms with Crippen molar-refractivity contribution in [2.75, 3.05) is 20.3 Å². The number of nitrogens with one attached hydrogen (secondary N) is 1. The molecule has 4 nitrogen and oxygen atoms in total. The summed E-state index contributed by atoms with van der Waals surface area (Å²) in [5.41, 5.74) is 0. The van der Waals surface area contributed by atoms with Gasteiger partial charge in [-0.1, -0.05) is 23.7 Å². The first-order valence-corrected chi connectivity index (χ1v) is 8.81. The van der Waals surface area contributed by atoms with Gasteiger partial charge in [-0.2, -0.15) is 0 Å². The lowest BCUT2D eigenvalue weighted by Gasteiger charge is -2.13. The Morgan fingerprint density at radius 3 is 2.50 bits per heavy atom. The molecule has 1 amide bonds. The molecule has 0 saturated heterocycles. The van der Waals surface area contributed by atoms with Gasteiger partial charge in [-0.3, -0.25) is 4.79 Å². The first-order valence-electron chi connectivity index (χ1n) is 7.56. The Morgan fingerprint density at radius 1 is 1.17 bits per heavy atom. The van der Waals surface area contributed by atoms with Gasteiger partial charge in [0.1, 0.15) is 6.61 Å². The smallest absolute Gasteiger partial charge is 0.233 e. The minimum absolute atomic E-state index is 0.0291. The van der Waals surface area contributed by atoms with Crippen molar-refractivity contribution in [1.82, 2.24) is 5.32 Å². The zero-order valence-corrected chi connectivity index (χ0v) is 15.2. The summed E-state index contributed by atoms with van der Waals surface area (Å²) >= 11 is 7.35. The van der Waals surface area contributed by atoms with E-state index in [1.54, 1.807) is 7.11 Å². The number of carbonyl (C=O) groups excluding carboxylic acids is 1. The van der Waals surface area contributed by atoms with Crippen LogP contribution in [0, 0.1) is 0 Å². The summed E-state index contributed by atoms with van der Waals surface area (Å²) in [5.74, 6) is 1.31. The Morgan fingerprint density at radius 2 is 1.83 bits per heavy atom. The molecule has 2 rings (SSSR count). The molecular formula is C18H20ClNO3S. The number of hydrogen-bond donors (Lipinski definition) is 1. The van der Waals surface area contributed by atoms with Crippen LogP contribution in [0.5, 0.6) is 11.5 Å². The van der Waals surface area contributed by atoms with E-state index in [4.69, 9.17) is 21.1 Å². The van der Waals surface area contributed by atoms with Crippen LogP contribution in [0.4, 0.5) is 0 Å². The maximum atomic E-state index is 12.1. The molecule has 1 N–H and O–H groups in total. The Bertz CT molecular complexity index is 664. The van der Waals surface area contributed by atoms with Crippen LogP contribution in [-0.2, 0) is 4.79 Å². The third-order valence-electron chi connectivity index (χ3n) is 3.22. The third kappa shape index (κ3) is 5.65. The highest BCUT2D eigenvalue weighted by Crippen LogP contribution is 2.26. The molecule has 6 heteroatoms. The van der Waals surface area contributed by atoms with Gasteiger partial charge in [0.15, 0.2) is 11.5 Å². The molecule has 0 fully saturated rings. The molecule has 128 valence electrons. The lowest BCUT2D eigenvalue weighted by molar-refractivity contribution is -0.120. The minimum Gasteiger partial charge on any atom is -0.493 e. The quantitative estimate of drug-likeness (QED) is 0.567. The third-order valence-corrected chi connectivity index (χ3v) is 4.59. The van der Waals surface area contributed by atoms with Gasteiger partial charge in [-0.25, -0.2) is 0 Å². The molecule has 0 aliphatic rings. The van der Waals surface area contributed by atoms with E-state index in [-0.39, 0.29) is 11.2 Å². The summed E-state index contributed by atoms with van der Waals surface area (Å²) in [6.07, 6.45) is 0. The molecule has 0 saturated carbocycles. The number of halogens is 1. The van der Waals surface area contributed by atoms with Gasteiger partial charge in [-0.15, -0.1) is 11.8 Å². The van der Waals surface area contributed by atoms with Crippen LogP contribution in [0.2, 0.25) is 5.02 Å². The van der Waals surface area contributed by atoms with Crippen molar-refractivity contribution < 1.29 is 14.3 Å². The summed E-state index contributed by atoms with van der Waals surface area (Å²) in [6, 6.07) is 14.9. The van der Waals surface area contributed by atoms with Gasteiger partial charge in [0, 0.05) is 9.92 Å². The lowest BCUT2D eigenvalue weighted by Crippen LogP contribution is -2.33. The molecule has 0 aliphatic carbocycles. The van der Waals surface area contributed by atoms with E-state index in [1.807, 2.05) is 55.5 Å². The zero-order valence-electron chi connectivity index (χ0n) is 13.6. The molecule has 0 bridgehead atoms. The number of thioether (sulfide) groups is 1. The van der Waals surface area contributed by atoms with E-state index in [1.165, 1.54) is 11.8 Å². The fourth-order valence-electron chi connectivity index (χ4n) is 1.99. The first-order chi connectivity index (χ1) is 11.6. The van der Waals surface area contributed by atoms with Crippen LogP contribution < -0.4 is 14.8 Å². The number of hydrogen-bond acceptors (Lipinski definition) is 4. The Labute approximate surface area is 151 Å². The monoisotopic (exact) mass is 365 g/mol. The zero-order chi connectivity index (χ0) is 17.4. The largest absolute Gasteiger partial charge is 0.493 e. The second kappa shape index (κ2) is 9.45. The second-order valence-electron chi connectivity index (χ2n) is 5.00. The van der Waals surface area contributed by atoms with Crippen molar-refractivity contribution in [3.8, 4) is 11.5 Å². The summed E-state index contributed by atoms with van der Waals surface area (Å²) in [4.78, 5) is 13.1. The molecular weight excluding hydrogens is 346 g/mol. The van der Waals surface area contributed by atoms with Gasteiger partial charge >= 0.3 is 0 Å². The highest BCUT2D eigenvalue weighted by Gasteiger charge is 2.14. The summed E-state index contributed by atoms with van der Waals surface area (Å²) in [7, 11) is 1.60. The van der Waals surface area contributed by atoms with Gasteiger partial charge in [-0.05, 0) is 43.3 Å². The number of amides is 1. The van der Waals surface area contributed by atoms with E-state index in [9.17, 15) is 4.79 Å². The van der Waals surface area contributed by atoms with Crippen LogP contribution in [0.25, 0.3) is 0 Å². The van der Waals surface area contributed by atoms with Crippen LogP contribution in [0.1, 0.15) is 6.92 Å². The van der Waals surface area contributed by atoms with E-state index < -0.39 is 0 Å². The van der Waals surface area contributed by atoms with Gasteiger partial charge < -0.3 is 14.8 Å². The average molecular weight is 366 g/mol. The van der Waals surface area contributed by atoms with E-state index in [0.29, 0.717) is 29.7 Å². The van der Waals surface area contributed by atoms with Crippen molar-refractivity contribution in [2.45, 2.75) is 17.1 Å². The number of para-hydroxylation sites is 2. The maximum absolute atomic E-state index is 12.1. The molecule has 0 aromatic heterocycles. The lowest BCUT2D eigenvalue weighted by atomic mass is 10.3. The number of rotatable bonds is 8. The fraction of sp³-hybridized carbons (Fsp3) is 0.278. The molecule has 0 spiro atoms. The Balaban J connectivity index is 1.73. The normalized spacial score (nSPS) is 11.6. The molecule has 1 atom stereocenters. The van der Waals surface area contributed by atoms with Crippen molar-refractivity contribution in [3.05, 3.63) is 53.6 Å². The number of benzene rings is 2. The Hall–Kier alpha value is -1.85. The minimum atomic E-state index is -0.197. The molecule has 24 heavy (non-hydrogen) atoms. The van der Waals surface area contributed by atoms with E-state index in [2.05, 4.69) is 5.32 Å². The standard InChI is InChI=1S/C18H20ClNO3S/c1-13(24-15-9-7-14(19)8-10-15)18(21)20-11-12-23-17-6-4-3-5-16(17)22-2/h3-10,13H,11-12H2,1-2H3,(H,20,21). The van der Waals surface area contributed by atoms with Crippen LogP contribution >= 0.6 is 23.4 Å². The summed E-state index contributed by atoms with van der Waals surface area (Å²) in [6.45, 7) is 2.68. The van der Waals surface area contributed by atoms with Crippen molar-refractivity contribution in [1.29, 1.82) is 0 Å². The molecule has 0 radical (unpaired) electrons. The molecule has 0 aliphatic heterocycles. The van der Waals surface area contributed by atoms with Crippen molar-refractivity contribution >= 4 is 29.3 Å². The molecule has 2 aromatic rings. The fourth-order valence-corrected chi connectivity index (χ4v) is 3.01. The van der Waals surface area contributed by atoms with Crippen LogP contribution in [0.3, 0.4) is 0 Å². The Kier molecular flexibility index (Phi) is 7.28. The topological polar surface area (TPSA) is 47.6 Å². The van der Waals surface area contributed by atoms with Crippen molar-refractivity contribution in [2.24, 2.45) is 0 Å². The number of carbonyl (C=O) groups is 1. The highest BCUT2D eigenvalue weighted by atomic mass is 35.5. The van der Waals surface area contributed by atoms with Gasteiger partial charge in [0.25, 0.3) is 0 Å². The van der Waals surface area contributed by atoms with E-state index >= 15 is 0 Å². The highest BCUT2D eigenvalue weighted by molar-refractivity contribution is 8.00. The van der Waals surface area contributed by atoms with Crippen LogP contribution in [-0.4, -0.2) is 31.4 Å². The second-order valence-corrected chi connectivity index (χ2v) is 6.85. The molecule has 2 aromatic carbocycles. The summed E-state index contributed by atoms with van der Waals surface area (Å²) < 4.78 is 10.8. The predicted molar refractivity (Wildman–Crippen MR) is 98.3 cm³/mol. The van der Waals surface area contributed by atoms with E-state index in [0.717, 1.165) is 4.90 Å². The predicted octanol–water partition coefficient (Wildman–Crippen LogP) is 4.02. The number of methoxy groups -OCH3 is 1. The van der Waals surface area contributed by atoms with Crippen LogP contribution in [0.15, 0.2) is 53.4 Å². The maximum Gasteiger partial charge on any atom is 0.233 e.